The van der Waals surface area contributed by atoms with Crippen LogP contribution in [0.5, 0.6) is 0 Å². The van der Waals surface area contributed by atoms with Gasteiger partial charge in [-0.2, -0.15) is 0 Å². The standard InChI is InChI=1S/C19H34N4O/c1-17-7-6-10-22(15-17)18(24)20-16-19(8-13-21(2)14-9-19)23-11-4-3-5-12-23/h7H,3-6,8-16H2,1-2H3,(H,20,24). The van der Waals surface area contributed by atoms with Crippen molar-refractivity contribution in [3.63, 3.8) is 0 Å². The Kier molecular flexibility index (Phi) is 5.82. The van der Waals surface area contributed by atoms with Crippen LogP contribution >= 0.6 is 0 Å². The van der Waals surface area contributed by atoms with E-state index in [2.05, 4.69) is 35.2 Å². The highest BCUT2D eigenvalue weighted by atomic mass is 16.2. The van der Waals surface area contributed by atoms with E-state index >= 15 is 0 Å². The van der Waals surface area contributed by atoms with E-state index in [1.54, 1.807) is 0 Å². The summed E-state index contributed by atoms with van der Waals surface area (Å²) in [5.41, 5.74) is 1.48. The number of rotatable bonds is 3. The predicted molar refractivity (Wildman–Crippen MR) is 98.2 cm³/mol. The van der Waals surface area contributed by atoms with Gasteiger partial charge >= 0.3 is 6.03 Å². The molecule has 0 aromatic carbocycles. The second kappa shape index (κ2) is 7.87. The number of nitrogens with zero attached hydrogens (tertiary/aromatic N) is 3. The summed E-state index contributed by atoms with van der Waals surface area (Å²) in [5, 5.41) is 3.30. The molecule has 3 heterocycles. The van der Waals surface area contributed by atoms with E-state index in [0.717, 1.165) is 39.1 Å². The number of carbonyl (C=O) groups is 1. The molecule has 3 rings (SSSR count). The summed E-state index contributed by atoms with van der Waals surface area (Å²) >= 11 is 0. The molecule has 0 aromatic rings. The SMILES string of the molecule is CC1=CCCN(C(=O)NCC2(N3CCCCC3)CCN(C)CC2)C1. The number of likely N-dealkylation sites (tertiary alicyclic amines) is 2. The lowest BCUT2D eigenvalue weighted by Gasteiger charge is -2.50. The smallest absolute Gasteiger partial charge is 0.317 e. The molecule has 24 heavy (non-hydrogen) atoms. The number of piperidine rings is 2. The second-order valence-electron chi connectivity index (χ2n) is 7.99. The average molecular weight is 335 g/mol. The number of urea groups is 1. The van der Waals surface area contributed by atoms with Crippen molar-refractivity contribution >= 4 is 6.03 Å². The highest BCUT2D eigenvalue weighted by molar-refractivity contribution is 5.74. The van der Waals surface area contributed by atoms with Gasteiger partial charge in [-0.15, -0.1) is 0 Å². The molecule has 0 aliphatic carbocycles. The van der Waals surface area contributed by atoms with Gasteiger partial charge in [-0.3, -0.25) is 4.90 Å². The van der Waals surface area contributed by atoms with Crippen LogP contribution in [-0.2, 0) is 0 Å². The molecule has 5 nitrogen and oxygen atoms in total. The number of hydrogen-bond acceptors (Lipinski definition) is 3. The van der Waals surface area contributed by atoms with Gasteiger partial charge in [0.15, 0.2) is 0 Å². The summed E-state index contributed by atoms with van der Waals surface area (Å²) in [7, 11) is 2.21. The van der Waals surface area contributed by atoms with Crippen LogP contribution in [0.3, 0.4) is 0 Å². The summed E-state index contributed by atoms with van der Waals surface area (Å²) in [6.45, 7) is 9.23. The average Bonchev–Trinajstić information content (AvgIpc) is 2.62. The highest BCUT2D eigenvalue weighted by Crippen LogP contribution is 2.31. The van der Waals surface area contributed by atoms with E-state index in [1.165, 1.54) is 50.8 Å². The minimum absolute atomic E-state index is 0.123. The first kappa shape index (κ1) is 17.7. The quantitative estimate of drug-likeness (QED) is 0.805. The van der Waals surface area contributed by atoms with Crippen molar-refractivity contribution < 1.29 is 4.79 Å². The molecule has 0 aromatic heterocycles. The van der Waals surface area contributed by atoms with E-state index in [1.807, 2.05) is 4.90 Å². The Morgan fingerprint density at radius 2 is 1.83 bits per heavy atom. The molecular weight excluding hydrogens is 300 g/mol. The molecular formula is C19H34N4O. The largest absolute Gasteiger partial charge is 0.336 e. The van der Waals surface area contributed by atoms with Crippen molar-refractivity contribution in [3.05, 3.63) is 11.6 Å². The van der Waals surface area contributed by atoms with Gasteiger partial charge in [0.05, 0.1) is 0 Å². The lowest BCUT2D eigenvalue weighted by atomic mass is 9.84. The molecule has 5 heteroatoms. The third kappa shape index (κ3) is 4.12. The molecule has 2 saturated heterocycles. The van der Waals surface area contributed by atoms with Gasteiger partial charge in [-0.25, -0.2) is 4.79 Å². The molecule has 136 valence electrons. The van der Waals surface area contributed by atoms with Crippen molar-refractivity contribution in [1.29, 1.82) is 0 Å². The van der Waals surface area contributed by atoms with Crippen LogP contribution in [0.15, 0.2) is 11.6 Å². The van der Waals surface area contributed by atoms with E-state index in [0.29, 0.717) is 0 Å². The topological polar surface area (TPSA) is 38.8 Å². The lowest BCUT2D eigenvalue weighted by Crippen LogP contribution is -2.62. The fourth-order valence-electron chi connectivity index (χ4n) is 4.44. The molecule has 2 fully saturated rings. The Balaban J connectivity index is 1.61. The van der Waals surface area contributed by atoms with Crippen LogP contribution in [0, 0.1) is 0 Å². The van der Waals surface area contributed by atoms with E-state index < -0.39 is 0 Å². The van der Waals surface area contributed by atoms with Crippen molar-refractivity contribution in [2.24, 2.45) is 0 Å². The lowest BCUT2D eigenvalue weighted by molar-refractivity contribution is 0.0154. The van der Waals surface area contributed by atoms with Crippen LogP contribution in [0.1, 0.15) is 45.4 Å². The van der Waals surface area contributed by atoms with Crippen molar-refractivity contribution in [2.45, 2.75) is 51.0 Å². The summed E-state index contributed by atoms with van der Waals surface area (Å²) in [6.07, 6.45) is 9.55. The van der Waals surface area contributed by atoms with E-state index in [9.17, 15) is 4.79 Å². The summed E-state index contributed by atoms with van der Waals surface area (Å²) in [4.78, 5) is 19.7. The molecule has 3 aliphatic rings. The van der Waals surface area contributed by atoms with Gasteiger partial charge in [0.1, 0.15) is 0 Å². The zero-order valence-corrected chi connectivity index (χ0v) is 15.5. The van der Waals surface area contributed by atoms with Crippen molar-refractivity contribution in [2.75, 3.05) is 52.9 Å². The normalized spacial score (nSPS) is 26.1. The van der Waals surface area contributed by atoms with Gasteiger partial charge < -0.3 is 15.1 Å². The van der Waals surface area contributed by atoms with Crippen LogP contribution in [0.2, 0.25) is 0 Å². The summed E-state index contributed by atoms with van der Waals surface area (Å²) in [5.74, 6) is 0. The number of nitrogens with one attached hydrogen (secondary N) is 1. The fourth-order valence-corrected chi connectivity index (χ4v) is 4.44. The fraction of sp³-hybridized carbons (Fsp3) is 0.842. The molecule has 3 aliphatic heterocycles. The molecule has 0 unspecified atom stereocenters. The first-order valence-electron chi connectivity index (χ1n) is 9.71. The third-order valence-corrected chi connectivity index (χ3v) is 6.13. The second-order valence-corrected chi connectivity index (χ2v) is 7.99. The monoisotopic (exact) mass is 334 g/mol. The molecule has 0 saturated carbocycles. The molecule has 0 spiro atoms. The van der Waals surface area contributed by atoms with Crippen LogP contribution < -0.4 is 5.32 Å². The van der Waals surface area contributed by atoms with Crippen LogP contribution in [0.4, 0.5) is 4.79 Å². The molecule has 0 bridgehead atoms. The summed E-state index contributed by atoms with van der Waals surface area (Å²) < 4.78 is 0. The third-order valence-electron chi connectivity index (χ3n) is 6.13. The predicted octanol–water partition coefficient (Wildman–Crippen LogP) is 2.30. The Morgan fingerprint density at radius 3 is 2.50 bits per heavy atom. The molecule has 0 atom stereocenters. The van der Waals surface area contributed by atoms with Gasteiger partial charge in [0.25, 0.3) is 0 Å². The first-order valence-corrected chi connectivity index (χ1v) is 9.71. The van der Waals surface area contributed by atoms with Crippen molar-refractivity contribution in [1.82, 2.24) is 20.0 Å². The van der Waals surface area contributed by atoms with E-state index in [-0.39, 0.29) is 11.6 Å². The number of carbonyl (C=O) groups excluding carboxylic acids is 1. The Bertz CT molecular complexity index is 462. The van der Waals surface area contributed by atoms with Gasteiger partial charge in [0.2, 0.25) is 0 Å². The Morgan fingerprint density at radius 1 is 1.12 bits per heavy atom. The highest BCUT2D eigenvalue weighted by Gasteiger charge is 2.40. The zero-order chi connectivity index (χ0) is 17.0. The number of hydrogen-bond donors (Lipinski definition) is 1. The maximum Gasteiger partial charge on any atom is 0.317 e. The molecule has 1 N–H and O–H groups in total. The zero-order valence-electron chi connectivity index (χ0n) is 15.5. The maximum atomic E-state index is 12.6. The van der Waals surface area contributed by atoms with Gasteiger partial charge in [-0.05, 0) is 72.3 Å². The van der Waals surface area contributed by atoms with Gasteiger partial charge in [-0.1, -0.05) is 18.1 Å². The maximum absolute atomic E-state index is 12.6. The van der Waals surface area contributed by atoms with Crippen molar-refractivity contribution in [3.8, 4) is 0 Å². The minimum atomic E-state index is 0.123. The Hall–Kier alpha value is -1.07. The van der Waals surface area contributed by atoms with E-state index in [4.69, 9.17) is 0 Å². The molecule has 2 amide bonds. The minimum Gasteiger partial charge on any atom is -0.336 e. The molecule has 0 radical (unpaired) electrons. The van der Waals surface area contributed by atoms with Crippen LogP contribution in [0.25, 0.3) is 0 Å². The first-order chi connectivity index (χ1) is 11.6. The number of amides is 2. The van der Waals surface area contributed by atoms with Crippen LogP contribution in [-0.4, -0.2) is 79.1 Å². The summed E-state index contributed by atoms with van der Waals surface area (Å²) in [6, 6.07) is 0.123. The Labute approximate surface area is 147 Å². The van der Waals surface area contributed by atoms with Gasteiger partial charge in [0, 0.05) is 25.2 Å².